The van der Waals surface area contributed by atoms with Crippen LogP contribution in [-0.2, 0) is 0 Å². The van der Waals surface area contributed by atoms with Crippen LogP contribution in [0.3, 0.4) is 0 Å². The molecule has 2 rings (SSSR count). The van der Waals surface area contributed by atoms with Gasteiger partial charge in [0, 0.05) is 0 Å². The van der Waals surface area contributed by atoms with Gasteiger partial charge in [-0.25, -0.2) is 4.98 Å². The largest absolute Gasteiger partial charge is 0.352 e. The molecule has 18 heavy (non-hydrogen) atoms. The number of aromatic nitrogens is 1. The summed E-state index contributed by atoms with van der Waals surface area (Å²) in [6.07, 6.45) is 1.56. The zero-order chi connectivity index (χ0) is 13.1. The number of nitrogens with zero attached hydrogens (tertiary/aromatic N) is 2. The number of halogens is 2. The molecule has 0 spiro atoms. The molecule has 1 aromatic carbocycles. The third-order valence-electron chi connectivity index (χ3n) is 2.43. The zero-order valence-corrected chi connectivity index (χ0v) is 11.0. The van der Waals surface area contributed by atoms with E-state index in [4.69, 9.17) is 28.5 Å². The van der Waals surface area contributed by atoms with Crippen molar-refractivity contribution in [1.29, 1.82) is 5.26 Å². The number of aryl methyl sites for hydroxylation is 1. The van der Waals surface area contributed by atoms with Crippen molar-refractivity contribution < 1.29 is 0 Å². The Balaban J connectivity index is 2.34. The number of nitriles is 1. The molecule has 0 saturated carbocycles. The molecular formula is C13H9Cl2N3. The van der Waals surface area contributed by atoms with E-state index in [-0.39, 0.29) is 0 Å². The van der Waals surface area contributed by atoms with Crippen LogP contribution < -0.4 is 5.32 Å². The third kappa shape index (κ3) is 2.56. The van der Waals surface area contributed by atoms with E-state index in [2.05, 4.69) is 10.3 Å². The Bertz CT molecular complexity index is 615. The number of hydrogen-bond donors (Lipinski definition) is 1. The van der Waals surface area contributed by atoms with E-state index in [9.17, 15) is 0 Å². The Morgan fingerprint density at radius 2 is 2.00 bits per heavy atom. The van der Waals surface area contributed by atoms with E-state index in [1.807, 2.05) is 19.1 Å². The van der Waals surface area contributed by atoms with E-state index in [1.165, 1.54) is 0 Å². The fraction of sp³-hybridized carbons (Fsp3) is 0.0769. The number of rotatable bonds is 2. The minimum absolute atomic E-state index is 0.363. The molecule has 0 aliphatic heterocycles. The van der Waals surface area contributed by atoms with Crippen molar-refractivity contribution >= 4 is 34.6 Å². The van der Waals surface area contributed by atoms with Gasteiger partial charge in [0.05, 0.1) is 27.6 Å². The van der Waals surface area contributed by atoms with Gasteiger partial charge in [0.15, 0.2) is 0 Å². The highest BCUT2D eigenvalue weighted by atomic mass is 35.5. The molecule has 1 heterocycles. The van der Waals surface area contributed by atoms with Crippen LogP contribution in [0.2, 0.25) is 10.0 Å². The lowest BCUT2D eigenvalue weighted by atomic mass is 10.2. The topological polar surface area (TPSA) is 48.7 Å². The summed E-state index contributed by atoms with van der Waals surface area (Å²) in [6, 6.07) is 8.97. The van der Waals surface area contributed by atoms with Crippen LogP contribution in [0.15, 0.2) is 30.5 Å². The Hall–Kier alpha value is -1.76. The molecule has 0 saturated heterocycles. The second-order valence-corrected chi connectivity index (χ2v) is 4.51. The van der Waals surface area contributed by atoms with E-state index in [0.717, 1.165) is 11.3 Å². The standard InChI is InChI=1S/C13H9Cl2N3/c1-8-2-5-11(14)13(12(8)15)18-10-4-3-9(6-16)17-7-10/h2-5,7,18H,1H3. The highest BCUT2D eigenvalue weighted by molar-refractivity contribution is 6.39. The third-order valence-corrected chi connectivity index (χ3v) is 3.23. The first kappa shape index (κ1) is 12.7. The molecule has 0 amide bonds. The van der Waals surface area contributed by atoms with Crippen molar-refractivity contribution in [1.82, 2.24) is 4.98 Å². The minimum atomic E-state index is 0.363. The van der Waals surface area contributed by atoms with Crippen molar-refractivity contribution in [2.75, 3.05) is 5.32 Å². The average Bonchev–Trinajstić information content (AvgIpc) is 2.40. The Kier molecular flexibility index (Phi) is 3.71. The molecule has 0 fully saturated rings. The van der Waals surface area contributed by atoms with Crippen molar-refractivity contribution in [3.8, 4) is 6.07 Å². The predicted molar refractivity (Wildman–Crippen MR) is 73.4 cm³/mol. The van der Waals surface area contributed by atoms with Gasteiger partial charge in [0.25, 0.3) is 0 Å². The van der Waals surface area contributed by atoms with Crippen molar-refractivity contribution in [3.05, 3.63) is 51.8 Å². The van der Waals surface area contributed by atoms with Gasteiger partial charge in [-0.3, -0.25) is 0 Å². The quantitative estimate of drug-likeness (QED) is 0.890. The van der Waals surface area contributed by atoms with E-state index >= 15 is 0 Å². The van der Waals surface area contributed by atoms with Crippen LogP contribution in [0.1, 0.15) is 11.3 Å². The van der Waals surface area contributed by atoms with Gasteiger partial charge in [0.2, 0.25) is 0 Å². The fourth-order valence-electron chi connectivity index (χ4n) is 1.45. The molecule has 5 heteroatoms. The molecule has 0 aliphatic carbocycles. The molecule has 1 aromatic heterocycles. The second kappa shape index (κ2) is 5.26. The van der Waals surface area contributed by atoms with Crippen molar-refractivity contribution in [2.45, 2.75) is 6.92 Å². The van der Waals surface area contributed by atoms with Crippen LogP contribution in [-0.4, -0.2) is 4.98 Å². The Morgan fingerprint density at radius 3 is 2.61 bits per heavy atom. The zero-order valence-electron chi connectivity index (χ0n) is 9.54. The highest BCUT2D eigenvalue weighted by Crippen LogP contribution is 2.34. The van der Waals surface area contributed by atoms with Crippen molar-refractivity contribution in [2.24, 2.45) is 0 Å². The summed E-state index contributed by atoms with van der Waals surface area (Å²) >= 11 is 12.3. The maximum atomic E-state index is 8.67. The molecule has 3 nitrogen and oxygen atoms in total. The van der Waals surface area contributed by atoms with Crippen LogP contribution in [0, 0.1) is 18.3 Å². The molecule has 0 bridgehead atoms. The van der Waals surface area contributed by atoms with Gasteiger partial charge < -0.3 is 5.32 Å². The molecule has 0 unspecified atom stereocenters. The summed E-state index contributed by atoms with van der Waals surface area (Å²) in [5.74, 6) is 0. The Labute approximate surface area is 115 Å². The predicted octanol–water partition coefficient (Wildman–Crippen LogP) is 4.31. The van der Waals surface area contributed by atoms with Crippen LogP contribution in [0.4, 0.5) is 11.4 Å². The maximum Gasteiger partial charge on any atom is 0.140 e. The van der Waals surface area contributed by atoms with Crippen LogP contribution in [0.5, 0.6) is 0 Å². The molecule has 2 aromatic rings. The highest BCUT2D eigenvalue weighted by Gasteiger charge is 2.08. The number of benzene rings is 1. The van der Waals surface area contributed by atoms with Gasteiger partial charge in [-0.05, 0) is 30.7 Å². The number of nitrogens with one attached hydrogen (secondary N) is 1. The molecule has 1 N–H and O–H groups in total. The lowest BCUT2D eigenvalue weighted by Crippen LogP contribution is -1.95. The summed E-state index contributed by atoms with van der Waals surface area (Å²) in [6.45, 7) is 1.90. The van der Waals surface area contributed by atoms with Gasteiger partial charge in [-0.1, -0.05) is 29.3 Å². The maximum absolute atomic E-state index is 8.67. The first-order valence-electron chi connectivity index (χ1n) is 5.19. The van der Waals surface area contributed by atoms with Gasteiger partial charge >= 0.3 is 0 Å². The summed E-state index contributed by atoms with van der Waals surface area (Å²) < 4.78 is 0. The average molecular weight is 278 g/mol. The molecule has 0 radical (unpaired) electrons. The van der Waals surface area contributed by atoms with Gasteiger partial charge in [0.1, 0.15) is 11.8 Å². The van der Waals surface area contributed by atoms with E-state index in [1.54, 1.807) is 24.4 Å². The van der Waals surface area contributed by atoms with Gasteiger partial charge in [-0.2, -0.15) is 5.26 Å². The van der Waals surface area contributed by atoms with E-state index in [0.29, 0.717) is 21.4 Å². The van der Waals surface area contributed by atoms with Crippen LogP contribution >= 0.6 is 23.2 Å². The van der Waals surface area contributed by atoms with Crippen molar-refractivity contribution in [3.63, 3.8) is 0 Å². The molecular weight excluding hydrogens is 269 g/mol. The van der Waals surface area contributed by atoms with Gasteiger partial charge in [-0.15, -0.1) is 0 Å². The van der Waals surface area contributed by atoms with E-state index < -0.39 is 0 Å². The minimum Gasteiger partial charge on any atom is -0.352 e. The first-order valence-corrected chi connectivity index (χ1v) is 5.95. The SMILES string of the molecule is Cc1ccc(Cl)c(Nc2ccc(C#N)nc2)c1Cl. The second-order valence-electron chi connectivity index (χ2n) is 3.72. The smallest absolute Gasteiger partial charge is 0.140 e. The number of anilines is 2. The summed E-state index contributed by atoms with van der Waals surface area (Å²) in [5, 5.41) is 12.9. The monoisotopic (exact) mass is 277 g/mol. The summed E-state index contributed by atoms with van der Waals surface area (Å²) in [4.78, 5) is 3.97. The normalized spacial score (nSPS) is 9.89. The summed E-state index contributed by atoms with van der Waals surface area (Å²) in [7, 11) is 0. The number of hydrogen-bond acceptors (Lipinski definition) is 3. The number of pyridine rings is 1. The summed E-state index contributed by atoms with van der Waals surface area (Å²) in [5.41, 5.74) is 2.67. The lowest BCUT2D eigenvalue weighted by molar-refractivity contribution is 1.26. The molecule has 0 aliphatic rings. The fourth-order valence-corrected chi connectivity index (χ4v) is 1.91. The van der Waals surface area contributed by atoms with Crippen LogP contribution in [0.25, 0.3) is 0 Å². The Morgan fingerprint density at radius 1 is 1.22 bits per heavy atom. The molecule has 0 atom stereocenters. The first-order chi connectivity index (χ1) is 8.61. The molecule has 90 valence electrons. The lowest BCUT2D eigenvalue weighted by Gasteiger charge is -2.11.